The fourth-order valence-corrected chi connectivity index (χ4v) is 3.99. The van der Waals surface area contributed by atoms with Gasteiger partial charge in [-0.1, -0.05) is 47.1 Å². The Morgan fingerprint density at radius 3 is 2.66 bits per heavy atom. The molecule has 0 spiro atoms. The molecule has 0 aliphatic rings. The quantitative estimate of drug-likeness (QED) is 0.293. The van der Waals surface area contributed by atoms with Crippen LogP contribution in [0.25, 0.3) is 0 Å². The summed E-state index contributed by atoms with van der Waals surface area (Å²) >= 11 is 13.3. The fourth-order valence-electron chi connectivity index (χ4n) is 2.75. The lowest BCUT2D eigenvalue weighted by Gasteiger charge is -2.16. The number of anilines is 1. The van der Waals surface area contributed by atoms with Crippen LogP contribution in [0.5, 0.6) is 5.75 Å². The van der Waals surface area contributed by atoms with Crippen molar-refractivity contribution in [1.29, 1.82) is 0 Å². The van der Waals surface area contributed by atoms with E-state index in [1.165, 1.54) is 6.07 Å². The van der Waals surface area contributed by atoms with Crippen LogP contribution in [-0.2, 0) is 11.3 Å². The van der Waals surface area contributed by atoms with Gasteiger partial charge in [0.1, 0.15) is 5.82 Å². The Morgan fingerprint density at radius 1 is 1.28 bits per heavy atom. The number of allylic oxidation sites excluding steroid dienone is 1. The molecule has 11 heteroatoms. The third-order valence-electron chi connectivity index (χ3n) is 4.18. The molecule has 1 amide bonds. The van der Waals surface area contributed by atoms with Crippen molar-refractivity contribution >= 4 is 46.6 Å². The van der Waals surface area contributed by atoms with Gasteiger partial charge in [-0.05, 0) is 31.2 Å². The van der Waals surface area contributed by atoms with Gasteiger partial charge in [-0.25, -0.2) is 8.78 Å². The van der Waals surface area contributed by atoms with E-state index in [1.54, 1.807) is 35.8 Å². The predicted molar refractivity (Wildman–Crippen MR) is 121 cm³/mol. The molecule has 1 aromatic heterocycles. The number of rotatable bonds is 9. The summed E-state index contributed by atoms with van der Waals surface area (Å²) in [6.45, 7) is 5.71. The summed E-state index contributed by atoms with van der Waals surface area (Å²) in [5.74, 6) is -1.57. The largest absolute Gasteiger partial charge is 0.480 e. The number of benzene rings is 2. The Hall–Kier alpha value is -2.62. The minimum absolute atomic E-state index is 0.0126. The molecule has 0 saturated heterocycles. The first-order chi connectivity index (χ1) is 15.3. The second-order valence-electron chi connectivity index (χ2n) is 6.51. The molecule has 0 saturated carbocycles. The topological polar surface area (TPSA) is 69.0 Å². The van der Waals surface area contributed by atoms with Crippen LogP contribution >= 0.6 is 35.0 Å². The van der Waals surface area contributed by atoms with Crippen molar-refractivity contribution in [1.82, 2.24) is 14.8 Å². The molecule has 1 unspecified atom stereocenters. The Morgan fingerprint density at radius 2 is 2.00 bits per heavy atom. The summed E-state index contributed by atoms with van der Waals surface area (Å²) in [6.07, 6.45) is 0.929. The van der Waals surface area contributed by atoms with Crippen LogP contribution in [0.4, 0.5) is 14.5 Å². The maximum atomic E-state index is 13.9. The van der Waals surface area contributed by atoms with E-state index in [0.717, 1.165) is 23.9 Å². The lowest BCUT2D eigenvalue weighted by molar-refractivity contribution is -0.113. The van der Waals surface area contributed by atoms with Gasteiger partial charge in [-0.3, -0.25) is 9.36 Å². The Balaban J connectivity index is 1.71. The summed E-state index contributed by atoms with van der Waals surface area (Å²) in [7, 11) is 0. The highest BCUT2D eigenvalue weighted by molar-refractivity contribution is 7.99. The normalized spacial score (nSPS) is 11.8. The molecule has 2 aromatic carbocycles. The molecule has 0 radical (unpaired) electrons. The van der Waals surface area contributed by atoms with Gasteiger partial charge in [0, 0.05) is 12.6 Å². The van der Waals surface area contributed by atoms with Crippen LogP contribution < -0.4 is 10.1 Å². The number of amides is 1. The third-order valence-corrected chi connectivity index (χ3v) is 5.77. The van der Waals surface area contributed by atoms with Gasteiger partial charge in [0.2, 0.25) is 5.91 Å². The van der Waals surface area contributed by atoms with Gasteiger partial charge in [-0.2, -0.15) is 0 Å². The monoisotopic (exact) mass is 498 g/mol. The van der Waals surface area contributed by atoms with E-state index in [9.17, 15) is 13.6 Å². The number of aromatic nitrogens is 3. The predicted octanol–water partition coefficient (Wildman–Crippen LogP) is 5.92. The van der Waals surface area contributed by atoms with Crippen molar-refractivity contribution < 1.29 is 18.3 Å². The molecule has 0 bridgehead atoms. The number of halogens is 4. The number of para-hydroxylation sites is 1. The fraction of sp³-hybridized carbons (Fsp3) is 0.190. The second kappa shape index (κ2) is 10.8. The van der Waals surface area contributed by atoms with Crippen LogP contribution in [0.1, 0.15) is 18.9 Å². The SMILES string of the molecule is C=CCn1c(SCC(=O)Nc2c(Cl)cccc2Cl)nnc1C(C)Oc1ccc(F)cc1F. The number of thioether (sulfide) groups is 1. The van der Waals surface area contributed by atoms with E-state index in [4.69, 9.17) is 27.9 Å². The van der Waals surface area contributed by atoms with E-state index in [2.05, 4.69) is 22.1 Å². The number of carbonyl (C=O) groups excluding carboxylic acids is 1. The lowest BCUT2D eigenvalue weighted by atomic mass is 10.3. The molecule has 0 aliphatic heterocycles. The molecule has 3 aromatic rings. The van der Waals surface area contributed by atoms with E-state index >= 15 is 0 Å². The van der Waals surface area contributed by atoms with Crippen molar-refractivity contribution in [3.63, 3.8) is 0 Å². The van der Waals surface area contributed by atoms with Crippen LogP contribution in [0, 0.1) is 11.6 Å². The van der Waals surface area contributed by atoms with Crippen LogP contribution in [0.2, 0.25) is 10.0 Å². The highest BCUT2D eigenvalue weighted by Crippen LogP contribution is 2.30. The summed E-state index contributed by atoms with van der Waals surface area (Å²) in [4.78, 5) is 12.4. The highest BCUT2D eigenvalue weighted by atomic mass is 35.5. The summed E-state index contributed by atoms with van der Waals surface area (Å²) in [6, 6.07) is 7.96. The van der Waals surface area contributed by atoms with Gasteiger partial charge in [0.15, 0.2) is 28.7 Å². The summed E-state index contributed by atoms with van der Waals surface area (Å²) in [5, 5.41) is 12.0. The zero-order valence-electron chi connectivity index (χ0n) is 16.8. The van der Waals surface area contributed by atoms with E-state index in [1.807, 2.05) is 0 Å². The van der Waals surface area contributed by atoms with Gasteiger partial charge in [0.25, 0.3) is 0 Å². The van der Waals surface area contributed by atoms with Crippen molar-refractivity contribution in [2.75, 3.05) is 11.1 Å². The van der Waals surface area contributed by atoms with Crippen molar-refractivity contribution in [2.45, 2.75) is 24.7 Å². The maximum absolute atomic E-state index is 13.9. The number of nitrogens with one attached hydrogen (secondary N) is 1. The highest BCUT2D eigenvalue weighted by Gasteiger charge is 2.21. The van der Waals surface area contributed by atoms with Crippen molar-refractivity contribution in [2.24, 2.45) is 0 Å². The van der Waals surface area contributed by atoms with Gasteiger partial charge in [-0.15, -0.1) is 16.8 Å². The molecule has 32 heavy (non-hydrogen) atoms. The minimum Gasteiger partial charge on any atom is -0.480 e. The van der Waals surface area contributed by atoms with E-state index in [0.29, 0.717) is 33.3 Å². The van der Waals surface area contributed by atoms with Gasteiger partial charge in [0.05, 0.1) is 21.5 Å². The zero-order valence-corrected chi connectivity index (χ0v) is 19.1. The molecule has 0 aliphatic carbocycles. The Kier molecular flexibility index (Phi) is 8.11. The van der Waals surface area contributed by atoms with Gasteiger partial charge >= 0.3 is 0 Å². The van der Waals surface area contributed by atoms with Crippen molar-refractivity contribution in [3.8, 4) is 5.75 Å². The first-order valence-electron chi connectivity index (χ1n) is 9.32. The third kappa shape index (κ3) is 5.79. The average molecular weight is 499 g/mol. The molecule has 1 N–H and O–H groups in total. The van der Waals surface area contributed by atoms with Crippen LogP contribution in [-0.4, -0.2) is 26.4 Å². The minimum atomic E-state index is -0.823. The van der Waals surface area contributed by atoms with E-state index < -0.39 is 17.7 Å². The molecule has 0 fully saturated rings. The number of carbonyl (C=O) groups is 1. The summed E-state index contributed by atoms with van der Waals surface area (Å²) in [5.41, 5.74) is 0.332. The van der Waals surface area contributed by atoms with Gasteiger partial charge < -0.3 is 10.1 Å². The Bertz CT molecular complexity index is 1120. The maximum Gasteiger partial charge on any atom is 0.234 e. The lowest BCUT2D eigenvalue weighted by Crippen LogP contribution is -2.16. The number of hydrogen-bond donors (Lipinski definition) is 1. The van der Waals surface area contributed by atoms with Crippen molar-refractivity contribution in [3.05, 3.63) is 76.6 Å². The smallest absolute Gasteiger partial charge is 0.234 e. The molecule has 6 nitrogen and oxygen atoms in total. The van der Waals surface area contributed by atoms with Crippen LogP contribution in [0.3, 0.4) is 0 Å². The second-order valence-corrected chi connectivity index (χ2v) is 8.27. The number of hydrogen-bond acceptors (Lipinski definition) is 5. The molecule has 1 atom stereocenters. The average Bonchev–Trinajstić information content (AvgIpc) is 3.14. The first kappa shape index (κ1) is 24.0. The standard InChI is InChI=1S/C21H18Cl2F2N4O2S/c1-3-9-29-20(12(2)31-17-8-7-13(24)10-16(17)25)27-28-21(29)32-11-18(30)26-19-14(22)5-4-6-15(19)23/h3-8,10,12H,1,9,11H2,2H3,(H,26,30). The molecule has 1 heterocycles. The molecule has 3 rings (SSSR count). The molecular formula is C21H18Cl2F2N4O2S. The van der Waals surface area contributed by atoms with E-state index in [-0.39, 0.29) is 17.4 Å². The molecular weight excluding hydrogens is 481 g/mol. The number of nitrogens with zero attached hydrogens (tertiary/aromatic N) is 3. The zero-order chi connectivity index (χ0) is 23.3. The van der Waals surface area contributed by atoms with Crippen LogP contribution in [0.15, 0.2) is 54.2 Å². The number of ether oxygens (including phenoxy) is 1. The first-order valence-corrected chi connectivity index (χ1v) is 11.1. The Labute approximate surface area is 197 Å². The molecule has 168 valence electrons. The summed E-state index contributed by atoms with van der Waals surface area (Å²) < 4.78 is 34.4.